The first-order chi connectivity index (χ1) is 12.8. The molecule has 0 radical (unpaired) electrons. The highest BCUT2D eigenvalue weighted by Crippen LogP contribution is 2.18. The van der Waals surface area contributed by atoms with Crippen LogP contribution < -0.4 is 14.4 Å². The molecule has 6 nitrogen and oxygen atoms in total. The summed E-state index contributed by atoms with van der Waals surface area (Å²) in [6.45, 7) is 2.25. The highest BCUT2D eigenvalue weighted by Gasteiger charge is 2.20. The van der Waals surface area contributed by atoms with Crippen LogP contribution in [-0.2, 0) is 21.2 Å². The Morgan fingerprint density at radius 2 is 1.74 bits per heavy atom. The number of halogens is 1. The minimum absolute atomic E-state index is 0.258. The number of carbonyl (C=O) groups is 1. The lowest BCUT2D eigenvalue weighted by molar-refractivity contribution is -0.119. The third-order valence-electron chi connectivity index (χ3n) is 3.83. The minimum atomic E-state index is -3.58. The van der Waals surface area contributed by atoms with Gasteiger partial charge in [-0.25, -0.2) is 8.42 Å². The average molecular weight is 411 g/mol. The van der Waals surface area contributed by atoms with Gasteiger partial charge >= 0.3 is 0 Å². The van der Waals surface area contributed by atoms with E-state index in [0.29, 0.717) is 16.5 Å². The summed E-state index contributed by atoms with van der Waals surface area (Å²) in [5.74, 6) is 0.238. The van der Waals surface area contributed by atoms with Gasteiger partial charge in [-0.15, -0.1) is 0 Å². The summed E-state index contributed by atoms with van der Waals surface area (Å²) in [6.07, 6.45) is 1.94. The van der Waals surface area contributed by atoms with E-state index in [0.717, 1.165) is 22.5 Å². The van der Waals surface area contributed by atoms with Crippen LogP contribution in [0.15, 0.2) is 48.5 Å². The number of carbonyl (C=O) groups excluding carboxylic acids is 1. The zero-order valence-corrected chi connectivity index (χ0v) is 16.9. The predicted molar refractivity (Wildman–Crippen MR) is 108 cm³/mol. The largest absolute Gasteiger partial charge is 0.492 e. The van der Waals surface area contributed by atoms with E-state index >= 15 is 0 Å². The Morgan fingerprint density at radius 1 is 1.11 bits per heavy atom. The molecule has 0 spiro atoms. The average Bonchev–Trinajstić information content (AvgIpc) is 2.64. The SMILES string of the molecule is CCc1ccc(N(CC(=O)NCCOc2ccc(Cl)cc2)S(C)(=O)=O)cc1. The molecule has 0 heterocycles. The molecule has 0 unspecified atom stereocenters. The van der Waals surface area contributed by atoms with E-state index in [1.807, 2.05) is 19.1 Å². The van der Waals surface area contributed by atoms with Crippen LogP contribution in [0.5, 0.6) is 5.75 Å². The van der Waals surface area contributed by atoms with Gasteiger partial charge in [0.15, 0.2) is 0 Å². The first kappa shape index (κ1) is 21.1. The van der Waals surface area contributed by atoms with E-state index in [1.54, 1.807) is 36.4 Å². The van der Waals surface area contributed by atoms with Crippen LogP contribution in [0.4, 0.5) is 5.69 Å². The van der Waals surface area contributed by atoms with Crippen LogP contribution in [0.3, 0.4) is 0 Å². The van der Waals surface area contributed by atoms with E-state index in [9.17, 15) is 13.2 Å². The van der Waals surface area contributed by atoms with Crippen molar-refractivity contribution in [1.82, 2.24) is 5.32 Å². The van der Waals surface area contributed by atoms with Gasteiger partial charge in [0.25, 0.3) is 0 Å². The van der Waals surface area contributed by atoms with Crippen molar-refractivity contribution in [2.45, 2.75) is 13.3 Å². The second-order valence-corrected chi connectivity index (χ2v) is 8.29. The molecule has 2 aromatic rings. The Morgan fingerprint density at radius 3 is 2.30 bits per heavy atom. The Labute approximate surface area is 165 Å². The molecule has 0 fully saturated rings. The lowest BCUT2D eigenvalue weighted by atomic mass is 10.1. The fourth-order valence-corrected chi connectivity index (χ4v) is 3.36. The molecule has 1 amide bonds. The number of hydrogen-bond acceptors (Lipinski definition) is 4. The molecule has 0 aliphatic heterocycles. The number of ether oxygens (including phenoxy) is 1. The predicted octanol–water partition coefficient (Wildman–Crippen LogP) is 2.86. The van der Waals surface area contributed by atoms with Gasteiger partial charge in [0.1, 0.15) is 18.9 Å². The van der Waals surface area contributed by atoms with Crippen LogP contribution in [0.25, 0.3) is 0 Å². The maximum Gasteiger partial charge on any atom is 0.240 e. The number of benzene rings is 2. The van der Waals surface area contributed by atoms with Crippen molar-refractivity contribution in [1.29, 1.82) is 0 Å². The summed E-state index contributed by atoms with van der Waals surface area (Å²) >= 11 is 5.80. The van der Waals surface area contributed by atoms with E-state index in [1.165, 1.54) is 0 Å². The molecule has 0 aliphatic carbocycles. The lowest BCUT2D eigenvalue weighted by Gasteiger charge is -2.22. The number of amides is 1. The van der Waals surface area contributed by atoms with Gasteiger partial charge in [-0.3, -0.25) is 9.10 Å². The first-order valence-electron chi connectivity index (χ1n) is 8.51. The Kier molecular flexibility index (Phi) is 7.50. The van der Waals surface area contributed by atoms with Crippen molar-refractivity contribution in [2.75, 3.05) is 30.3 Å². The molecule has 0 saturated carbocycles. The second kappa shape index (κ2) is 9.62. The van der Waals surface area contributed by atoms with Gasteiger partial charge in [0.05, 0.1) is 18.5 Å². The molecule has 27 heavy (non-hydrogen) atoms. The molecule has 8 heteroatoms. The number of rotatable bonds is 9. The fourth-order valence-electron chi connectivity index (χ4n) is 2.37. The maximum absolute atomic E-state index is 12.2. The van der Waals surface area contributed by atoms with Crippen LogP contribution in [-0.4, -0.2) is 40.3 Å². The lowest BCUT2D eigenvalue weighted by Crippen LogP contribution is -2.41. The standard InChI is InChI=1S/C19H23ClN2O4S/c1-3-15-4-8-17(9-5-15)22(27(2,24)25)14-19(23)21-12-13-26-18-10-6-16(20)7-11-18/h4-11H,3,12-14H2,1-2H3,(H,21,23). The fraction of sp³-hybridized carbons (Fsp3) is 0.316. The number of nitrogens with zero attached hydrogens (tertiary/aromatic N) is 1. The van der Waals surface area contributed by atoms with Crippen LogP contribution in [0, 0.1) is 0 Å². The third-order valence-corrected chi connectivity index (χ3v) is 5.22. The zero-order chi connectivity index (χ0) is 19.9. The van der Waals surface area contributed by atoms with E-state index in [-0.39, 0.29) is 19.7 Å². The van der Waals surface area contributed by atoms with Crippen molar-refractivity contribution in [2.24, 2.45) is 0 Å². The van der Waals surface area contributed by atoms with Crippen molar-refractivity contribution < 1.29 is 17.9 Å². The summed E-state index contributed by atoms with van der Waals surface area (Å²) in [7, 11) is -3.58. The number of sulfonamides is 1. The van der Waals surface area contributed by atoms with E-state index < -0.39 is 15.9 Å². The molecule has 146 valence electrons. The Bertz CT molecular complexity index is 852. The van der Waals surface area contributed by atoms with Crippen molar-refractivity contribution in [3.63, 3.8) is 0 Å². The van der Waals surface area contributed by atoms with Crippen molar-refractivity contribution >= 4 is 33.2 Å². The molecule has 2 aromatic carbocycles. The number of hydrogen-bond donors (Lipinski definition) is 1. The summed E-state index contributed by atoms with van der Waals surface area (Å²) < 4.78 is 30.7. The van der Waals surface area contributed by atoms with Gasteiger partial charge in [-0.05, 0) is 48.4 Å². The zero-order valence-electron chi connectivity index (χ0n) is 15.3. The number of nitrogens with one attached hydrogen (secondary N) is 1. The second-order valence-electron chi connectivity index (χ2n) is 5.94. The highest BCUT2D eigenvalue weighted by molar-refractivity contribution is 7.92. The topological polar surface area (TPSA) is 75.7 Å². The first-order valence-corrected chi connectivity index (χ1v) is 10.7. The molecular formula is C19H23ClN2O4S. The highest BCUT2D eigenvalue weighted by atomic mass is 35.5. The molecular weight excluding hydrogens is 388 g/mol. The summed E-state index contributed by atoms with van der Waals surface area (Å²) in [4.78, 5) is 12.2. The van der Waals surface area contributed by atoms with Crippen molar-refractivity contribution in [3.8, 4) is 5.75 Å². The van der Waals surface area contributed by atoms with Crippen molar-refractivity contribution in [3.05, 3.63) is 59.1 Å². The van der Waals surface area contributed by atoms with Gasteiger partial charge in [-0.2, -0.15) is 0 Å². The van der Waals surface area contributed by atoms with Gasteiger partial charge in [0.2, 0.25) is 15.9 Å². The van der Waals surface area contributed by atoms with Crippen LogP contribution in [0.1, 0.15) is 12.5 Å². The smallest absolute Gasteiger partial charge is 0.240 e. The Hall–Kier alpha value is -2.25. The molecule has 0 atom stereocenters. The van der Waals surface area contributed by atoms with Crippen LogP contribution >= 0.6 is 11.6 Å². The van der Waals surface area contributed by atoms with Gasteiger partial charge in [0, 0.05) is 5.02 Å². The van der Waals surface area contributed by atoms with E-state index in [2.05, 4.69) is 5.32 Å². The summed E-state index contributed by atoms with van der Waals surface area (Å²) in [6, 6.07) is 14.0. The quantitative estimate of drug-likeness (QED) is 0.645. The summed E-state index contributed by atoms with van der Waals surface area (Å²) in [5.41, 5.74) is 1.55. The van der Waals surface area contributed by atoms with Crippen LogP contribution in [0.2, 0.25) is 5.02 Å². The monoisotopic (exact) mass is 410 g/mol. The molecule has 0 saturated heterocycles. The Balaban J connectivity index is 1.88. The normalized spacial score (nSPS) is 11.1. The maximum atomic E-state index is 12.2. The van der Waals surface area contributed by atoms with Gasteiger partial charge in [-0.1, -0.05) is 30.7 Å². The molecule has 0 aromatic heterocycles. The van der Waals surface area contributed by atoms with Gasteiger partial charge < -0.3 is 10.1 Å². The number of aryl methyl sites for hydroxylation is 1. The molecule has 0 bridgehead atoms. The number of anilines is 1. The molecule has 1 N–H and O–H groups in total. The van der Waals surface area contributed by atoms with E-state index in [4.69, 9.17) is 16.3 Å². The third kappa shape index (κ3) is 6.77. The minimum Gasteiger partial charge on any atom is -0.492 e. The molecule has 2 rings (SSSR count). The summed E-state index contributed by atoms with van der Waals surface area (Å²) in [5, 5.41) is 3.28. The molecule has 0 aliphatic rings.